The predicted molar refractivity (Wildman–Crippen MR) is 410 cm³/mol. The van der Waals surface area contributed by atoms with Gasteiger partial charge in [-0.3, -0.25) is 4.79 Å². The highest BCUT2D eigenvalue weighted by atomic mass is 16.7. The topological polar surface area (TPSA) is 228 Å². The third kappa shape index (κ3) is 51.1. The first-order chi connectivity index (χ1) is 48.6. The molecule has 0 saturated carbocycles. The molecule has 99 heavy (non-hydrogen) atoms. The van der Waals surface area contributed by atoms with Crippen LogP contribution in [0, 0.1) is 0 Å². The quantitative estimate of drug-likeness (QED) is 0.0204. The van der Waals surface area contributed by atoms with Gasteiger partial charge < -0.3 is 65.1 Å². The summed E-state index contributed by atoms with van der Waals surface area (Å²) in [6.07, 6.45) is 79.1. The Morgan fingerprint density at radius 3 is 1.07 bits per heavy atom. The van der Waals surface area contributed by atoms with E-state index in [1.165, 1.54) is 231 Å². The number of carbonyl (C=O) groups excluding carboxylic acids is 1. The number of allylic oxidation sites excluding steroid dienone is 14. The largest absolute Gasteiger partial charge is 0.394 e. The Kier molecular flexibility index (Phi) is 63.6. The number of rotatable bonds is 69. The summed E-state index contributed by atoms with van der Waals surface area (Å²) in [5.41, 5.74) is 0. The second-order valence-corrected chi connectivity index (χ2v) is 28.9. The highest BCUT2D eigenvalue weighted by molar-refractivity contribution is 5.76. The van der Waals surface area contributed by atoms with E-state index >= 15 is 0 Å². The van der Waals surface area contributed by atoms with Crippen LogP contribution in [0.4, 0.5) is 0 Å². The van der Waals surface area contributed by atoms with E-state index in [9.17, 15) is 45.6 Å². The molecule has 0 aromatic rings. The van der Waals surface area contributed by atoms with Gasteiger partial charge >= 0.3 is 0 Å². The van der Waals surface area contributed by atoms with Gasteiger partial charge in [0.2, 0.25) is 5.91 Å². The van der Waals surface area contributed by atoms with Crippen molar-refractivity contribution >= 4 is 5.91 Å². The van der Waals surface area contributed by atoms with Gasteiger partial charge in [-0.15, -0.1) is 0 Å². The van der Waals surface area contributed by atoms with Gasteiger partial charge in [0.05, 0.1) is 32.0 Å². The lowest BCUT2D eigenvalue weighted by Gasteiger charge is -2.46. The number of nitrogens with one attached hydrogen (secondary N) is 1. The molecule has 2 rings (SSSR count). The number of unbranched alkanes of at least 4 members (excludes halogenated alkanes) is 42. The van der Waals surface area contributed by atoms with E-state index < -0.39 is 86.8 Å². The minimum Gasteiger partial charge on any atom is -0.394 e. The summed E-state index contributed by atoms with van der Waals surface area (Å²) in [7, 11) is 0. The molecule has 0 aromatic heterocycles. The van der Waals surface area contributed by atoms with Crippen molar-refractivity contribution in [1.29, 1.82) is 0 Å². The van der Waals surface area contributed by atoms with Gasteiger partial charge in [-0.25, -0.2) is 0 Å². The maximum absolute atomic E-state index is 13.4. The minimum atomic E-state index is -1.79. The van der Waals surface area contributed by atoms with Gasteiger partial charge in [0.25, 0.3) is 0 Å². The molecule has 9 N–H and O–H groups in total. The Morgan fingerprint density at radius 2 is 0.697 bits per heavy atom. The van der Waals surface area contributed by atoms with E-state index in [0.717, 1.165) is 96.3 Å². The van der Waals surface area contributed by atoms with E-state index in [0.29, 0.717) is 12.8 Å². The summed E-state index contributed by atoms with van der Waals surface area (Å²) in [6.45, 7) is 2.80. The third-order valence-corrected chi connectivity index (χ3v) is 19.9. The van der Waals surface area contributed by atoms with Crippen molar-refractivity contribution < 1.29 is 64.6 Å². The van der Waals surface area contributed by atoms with Crippen LogP contribution >= 0.6 is 0 Å². The molecule has 14 heteroatoms. The molecule has 2 aliphatic rings. The average Bonchev–Trinajstić information content (AvgIpc) is 0.793. The normalized spacial score (nSPS) is 22.4. The van der Waals surface area contributed by atoms with Crippen LogP contribution in [0.2, 0.25) is 0 Å². The number of amides is 1. The number of aliphatic hydroxyl groups excluding tert-OH is 8. The Morgan fingerprint density at radius 1 is 0.374 bits per heavy atom. The van der Waals surface area contributed by atoms with E-state index in [1.807, 2.05) is 0 Å². The molecular formula is C85H153NO13. The predicted octanol–water partition coefficient (Wildman–Crippen LogP) is 19.1. The van der Waals surface area contributed by atoms with Gasteiger partial charge in [-0.2, -0.15) is 0 Å². The van der Waals surface area contributed by atoms with Gasteiger partial charge in [0.15, 0.2) is 12.6 Å². The summed E-state index contributed by atoms with van der Waals surface area (Å²) < 4.78 is 23.0. The Hall–Kier alpha value is -2.83. The fraction of sp³-hybridized carbons (Fsp3) is 0.824. The fourth-order valence-electron chi connectivity index (χ4n) is 13.4. The first kappa shape index (κ1) is 92.3. The highest BCUT2D eigenvalue weighted by Crippen LogP contribution is 2.30. The smallest absolute Gasteiger partial charge is 0.220 e. The van der Waals surface area contributed by atoms with E-state index in [2.05, 4.69) is 104 Å². The summed E-state index contributed by atoms with van der Waals surface area (Å²) in [6, 6.07) is -0.835. The Bertz CT molecular complexity index is 1990. The molecule has 1 amide bonds. The van der Waals surface area contributed by atoms with Crippen LogP contribution in [0.25, 0.3) is 0 Å². The van der Waals surface area contributed by atoms with Crippen molar-refractivity contribution in [3.8, 4) is 0 Å². The summed E-state index contributed by atoms with van der Waals surface area (Å²) in [5.74, 6) is -0.204. The molecule has 576 valence electrons. The molecule has 0 bridgehead atoms. The molecule has 2 heterocycles. The molecule has 0 aliphatic carbocycles. The molecule has 12 unspecified atom stereocenters. The lowest BCUT2D eigenvalue weighted by molar-refractivity contribution is -0.359. The van der Waals surface area contributed by atoms with Crippen molar-refractivity contribution in [1.82, 2.24) is 5.32 Å². The summed E-state index contributed by atoms with van der Waals surface area (Å²) in [4.78, 5) is 13.4. The van der Waals surface area contributed by atoms with Crippen molar-refractivity contribution in [3.05, 3.63) is 85.1 Å². The van der Waals surface area contributed by atoms with Crippen LogP contribution in [0.1, 0.15) is 354 Å². The van der Waals surface area contributed by atoms with Gasteiger partial charge in [-0.05, 0) is 70.6 Å². The zero-order chi connectivity index (χ0) is 71.5. The minimum absolute atomic E-state index is 0.204. The second kappa shape index (κ2) is 68.3. The van der Waals surface area contributed by atoms with Crippen LogP contribution in [0.3, 0.4) is 0 Å². The number of aliphatic hydroxyl groups is 8. The molecule has 0 spiro atoms. The first-order valence-electron chi connectivity index (χ1n) is 41.3. The standard InChI is InChI=1S/C85H153NO13/c1-3-5-7-9-11-13-15-17-19-21-23-25-27-29-31-33-34-35-36-37-38-39-40-41-43-45-47-49-51-53-55-57-59-61-63-65-67-69-77(90)86-73(72-96-84-82(95)80(93)83(76(71-88)98-84)99-85-81(94)79(92)78(91)75(70-87)97-85)74(89)68-66-64-62-60-58-56-54-52-50-48-46-44-42-32-30-28-26-24-22-20-18-16-14-12-10-8-6-4-2/h5,7,11,13,17,19,23,25,29,31,34-35,37-38,73-76,78-85,87-89,91-95H,3-4,6,8-10,12,14-16,18,20-22,24,26-28,30,32-33,36,39-72H2,1-2H3,(H,86,90)/b7-5-,13-11-,19-17-,25-23-,31-29-,35-34-,38-37-. The number of hydrogen-bond acceptors (Lipinski definition) is 13. The lowest BCUT2D eigenvalue weighted by atomic mass is 9.97. The maximum Gasteiger partial charge on any atom is 0.220 e. The number of carbonyl (C=O) groups is 1. The molecule has 2 saturated heterocycles. The van der Waals surface area contributed by atoms with Crippen molar-refractivity contribution in [2.45, 2.75) is 428 Å². The van der Waals surface area contributed by atoms with Crippen LogP contribution in [-0.2, 0) is 23.7 Å². The molecule has 12 atom stereocenters. The average molecular weight is 1400 g/mol. The molecule has 0 aromatic carbocycles. The van der Waals surface area contributed by atoms with E-state index in [-0.39, 0.29) is 12.5 Å². The monoisotopic (exact) mass is 1400 g/mol. The second-order valence-electron chi connectivity index (χ2n) is 28.9. The van der Waals surface area contributed by atoms with Crippen LogP contribution < -0.4 is 5.32 Å². The van der Waals surface area contributed by atoms with Crippen molar-refractivity contribution in [3.63, 3.8) is 0 Å². The van der Waals surface area contributed by atoms with Gasteiger partial charge in [-0.1, -0.05) is 362 Å². The van der Waals surface area contributed by atoms with E-state index in [4.69, 9.17) is 18.9 Å². The van der Waals surface area contributed by atoms with E-state index in [1.54, 1.807) is 0 Å². The van der Waals surface area contributed by atoms with Crippen LogP contribution in [0.15, 0.2) is 85.1 Å². The maximum atomic E-state index is 13.4. The Balaban J connectivity index is 1.59. The number of ether oxygens (including phenoxy) is 4. The summed E-state index contributed by atoms with van der Waals surface area (Å²) >= 11 is 0. The van der Waals surface area contributed by atoms with Gasteiger partial charge in [0, 0.05) is 6.42 Å². The van der Waals surface area contributed by atoms with Gasteiger partial charge in [0.1, 0.15) is 48.8 Å². The molecule has 14 nitrogen and oxygen atoms in total. The van der Waals surface area contributed by atoms with Crippen molar-refractivity contribution in [2.24, 2.45) is 0 Å². The SMILES string of the molecule is CC/C=C\C/C=C\C/C=C\C/C=C\C/C=C\C/C=C\C/C=C\CCCCCCCCCCCCCCCCCC(=O)NC(COC1OC(CO)C(OC2OC(CO)C(O)C(O)C2O)C(O)C1O)C(O)CCCCCCCCCCCCCCCCCCCCCCCCCCCCCC. The highest BCUT2D eigenvalue weighted by Gasteiger charge is 2.51. The molecular weight excluding hydrogens is 1240 g/mol. The molecule has 2 aliphatic heterocycles. The number of hydrogen-bond donors (Lipinski definition) is 9. The van der Waals surface area contributed by atoms with Crippen molar-refractivity contribution in [2.75, 3.05) is 19.8 Å². The van der Waals surface area contributed by atoms with Crippen LogP contribution in [0.5, 0.6) is 0 Å². The Labute approximate surface area is 605 Å². The lowest BCUT2D eigenvalue weighted by Crippen LogP contribution is -2.65. The molecule has 2 fully saturated rings. The summed E-state index contributed by atoms with van der Waals surface area (Å²) in [5, 5.41) is 87.9. The fourth-order valence-corrected chi connectivity index (χ4v) is 13.4. The zero-order valence-corrected chi connectivity index (χ0v) is 63.2. The van der Waals surface area contributed by atoms with Crippen LogP contribution in [-0.4, -0.2) is 140 Å². The zero-order valence-electron chi connectivity index (χ0n) is 63.2. The molecule has 0 radical (unpaired) electrons. The first-order valence-corrected chi connectivity index (χ1v) is 41.3. The third-order valence-electron chi connectivity index (χ3n) is 19.9.